The molecule has 0 amide bonds. The van der Waals surface area contributed by atoms with E-state index in [-0.39, 0.29) is 0 Å². The van der Waals surface area contributed by atoms with E-state index in [1.54, 1.807) is 7.11 Å². The van der Waals surface area contributed by atoms with Crippen LogP contribution in [0.15, 0.2) is 16.6 Å². The van der Waals surface area contributed by atoms with E-state index in [4.69, 9.17) is 10.5 Å². The molecule has 0 aliphatic rings. The molecule has 1 atom stereocenters. The molecule has 4 heteroatoms. The Bertz CT molecular complexity index is 342. The van der Waals surface area contributed by atoms with Gasteiger partial charge in [0.05, 0.1) is 13.2 Å². The molecule has 3 N–H and O–H groups in total. The maximum Gasteiger partial charge on any atom is 0.126 e. The number of benzene rings is 1. The number of methoxy groups -OCH3 is 1. The van der Waals surface area contributed by atoms with Gasteiger partial charge in [0.2, 0.25) is 0 Å². The molecule has 0 heterocycles. The van der Waals surface area contributed by atoms with Crippen molar-refractivity contribution < 1.29 is 9.84 Å². The van der Waals surface area contributed by atoms with Crippen LogP contribution in [0.3, 0.4) is 0 Å². The van der Waals surface area contributed by atoms with Crippen LogP contribution in [-0.2, 0) is 0 Å². The standard InChI is InChI=1S/C11H16BrNO2/c1-7-5-8(12)11(9(14)3-4-13)10(6-7)15-2/h5-6,9,14H,3-4,13H2,1-2H3. The topological polar surface area (TPSA) is 55.5 Å². The van der Waals surface area contributed by atoms with Crippen LogP contribution in [0.4, 0.5) is 0 Å². The molecule has 1 aromatic rings. The number of nitrogens with two attached hydrogens (primary N) is 1. The Hall–Kier alpha value is -0.580. The number of rotatable bonds is 4. The summed E-state index contributed by atoms with van der Waals surface area (Å²) < 4.78 is 6.11. The first-order valence-corrected chi connectivity index (χ1v) is 5.61. The maximum absolute atomic E-state index is 9.91. The fourth-order valence-corrected chi connectivity index (χ4v) is 2.34. The number of hydrogen-bond donors (Lipinski definition) is 2. The average Bonchev–Trinajstić information content (AvgIpc) is 2.16. The molecule has 1 unspecified atom stereocenters. The lowest BCUT2D eigenvalue weighted by Crippen LogP contribution is -2.08. The van der Waals surface area contributed by atoms with Gasteiger partial charge in [0.1, 0.15) is 5.75 Å². The van der Waals surface area contributed by atoms with Crippen molar-refractivity contribution in [2.24, 2.45) is 5.73 Å². The van der Waals surface area contributed by atoms with E-state index in [2.05, 4.69) is 15.9 Å². The van der Waals surface area contributed by atoms with Gasteiger partial charge in [-0.15, -0.1) is 0 Å². The summed E-state index contributed by atoms with van der Waals surface area (Å²) in [4.78, 5) is 0. The van der Waals surface area contributed by atoms with E-state index in [1.807, 2.05) is 19.1 Å². The summed E-state index contributed by atoms with van der Waals surface area (Å²) in [6.45, 7) is 2.43. The van der Waals surface area contributed by atoms with E-state index in [0.717, 1.165) is 15.6 Å². The number of ether oxygens (including phenoxy) is 1. The second-order valence-electron chi connectivity index (χ2n) is 3.46. The SMILES string of the molecule is COc1cc(C)cc(Br)c1C(O)CCN. The molecule has 0 aliphatic carbocycles. The molecule has 84 valence electrons. The van der Waals surface area contributed by atoms with Crippen LogP contribution in [0, 0.1) is 6.92 Å². The van der Waals surface area contributed by atoms with E-state index in [0.29, 0.717) is 18.7 Å². The van der Waals surface area contributed by atoms with Crippen molar-refractivity contribution in [2.75, 3.05) is 13.7 Å². The highest BCUT2D eigenvalue weighted by Crippen LogP contribution is 2.34. The largest absolute Gasteiger partial charge is 0.496 e. The van der Waals surface area contributed by atoms with Crippen LogP contribution in [0.5, 0.6) is 5.75 Å². The quantitative estimate of drug-likeness (QED) is 0.884. The Kier molecular flexibility index (Phi) is 4.57. The number of aliphatic hydroxyl groups excluding tert-OH is 1. The van der Waals surface area contributed by atoms with E-state index in [9.17, 15) is 5.11 Å². The molecule has 0 fully saturated rings. The number of halogens is 1. The first-order chi connectivity index (χ1) is 7.10. The van der Waals surface area contributed by atoms with Crippen molar-refractivity contribution in [2.45, 2.75) is 19.4 Å². The highest BCUT2D eigenvalue weighted by Gasteiger charge is 2.16. The maximum atomic E-state index is 9.91. The van der Waals surface area contributed by atoms with Gasteiger partial charge in [-0.3, -0.25) is 0 Å². The van der Waals surface area contributed by atoms with Crippen LogP contribution < -0.4 is 10.5 Å². The van der Waals surface area contributed by atoms with Gasteiger partial charge in [0.25, 0.3) is 0 Å². The van der Waals surface area contributed by atoms with Gasteiger partial charge in [-0.25, -0.2) is 0 Å². The first kappa shape index (κ1) is 12.5. The Labute approximate surface area is 98.4 Å². The molecule has 0 saturated carbocycles. The van der Waals surface area contributed by atoms with Gasteiger partial charge in [-0.1, -0.05) is 15.9 Å². The molecule has 15 heavy (non-hydrogen) atoms. The third-order valence-corrected chi connectivity index (χ3v) is 2.89. The summed E-state index contributed by atoms with van der Waals surface area (Å²) in [6.07, 6.45) is -0.0576. The van der Waals surface area contributed by atoms with Crippen LogP contribution in [-0.4, -0.2) is 18.8 Å². The smallest absolute Gasteiger partial charge is 0.126 e. The highest BCUT2D eigenvalue weighted by molar-refractivity contribution is 9.10. The third kappa shape index (κ3) is 2.93. The molecule has 0 aromatic heterocycles. The Balaban J connectivity index is 3.14. The number of aryl methyl sites for hydroxylation is 1. The molecule has 1 aromatic carbocycles. The summed E-state index contributed by atoms with van der Waals surface area (Å²) >= 11 is 3.43. The minimum absolute atomic E-state index is 0.449. The Morgan fingerprint density at radius 1 is 1.53 bits per heavy atom. The molecule has 3 nitrogen and oxygen atoms in total. The lowest BCUT2D eigenvalue weighted by Gasteiger charge is -2.16. The van der Waals surface area contributed by atoms with Gasteiger partial charge in [0, 0.05) is 10.0 Å². The van der Waals surface area contributed by atoms with Crippen molar-refractivity contribution >= 4 is 15.9 Å². The van der Waals surface area contributed by atoms with Crippen molar-refractivity contribution in [1.29, 1.82) is 0 Å². The second-order valence-corrected chi connectivity index (χ2v) is 4.31. The number of aliphatic hydroxyl groups is 1. The van der Waals surface area contributed by atoms with E-state index in [1.165, 1.54) is 0 Å². The summed E-state index contributed by atoms with van der Waals surface area (Å²) in [7, 11) is 1.60. The lowest BCUT2D eigenvalue weighted by molar-refractivity contribution is 0.165. The normalized spacial score (nSPS) is 12.6. The summed E-state index contributed by atoms with van der Waals surface area (Å²) in [5.41, 5.74) is 7.28. The van der Waals surface area contributed by atoms with Crippen LogP contribution in [0.25, 0.3) is 0 Å². The zero-order valence-corrected chi connectivity index (χ0v) is 10.5. The van der Waals surface area contributed by atoms with E-state index >= 15 is 0 Å². The summed E-state index contributed by atoms with van der Waals surface area (Å²) in [5.74, 6) is 0.697. The molecule has 0 radical (unpaired) electrons. The molecule has 0 spiro atoms. The summed E-state index contributed by atoms with van der Waals surface area (Å²) in [6, 6.07) is 3.86. The van der Waals surface area contributed by atoms with Crippen molar-refractivity contribution in [3.63, 3.8) is 0 Å². The molecule has 0 saturated heterocycles. The van der Waals surface area contributed by atoms with Crippen molar-refractivity contribution in [3.8, 4) is 5.75 Å². The lowest BCUT2D eigenvalue weighted by atomic mass is 10.0. The van der Waals surface area contributed by atoms with Gasteiger partial charge in [-0.05, 0) is 37.6 Å². The van der Waals surface area contributed by atoms with Gasteiger partial charge in [0.15, 0.2) is 0 Å². The second kappa shape index (κ2) is 5.49. The zero-order valence-electron chi connectivity index (χ0n) is 8.96. The minimum Gasteiger partial charge on any atom is -0.496 e. The van der Waals surface area contributed by atoms with Crippen molar-refractivity contribution in [3.05, 3.63) is 27.7 Å². The Morgan fingerprint density at radius 2 is 2.20 bits per heavy atom. The predicted octanol–water partition coefficient (Wildman–Crippen LogP) is 2.15. The molecule has 0 aliphatic heterocycles. The van der Waals surface area contributed by atoms with Crippen LogP contribution in [0.2, 0.25) is 0 Å². The zero-order chi connectivity index (χ0) is 11.4. The fraction of sp³-hybridized carbons (Fsp3) is 0.455. The molecular weight excluding hydrogens is 258 g/mol. The summed E-state index contributed by atoms with van der Waals surface area (Å²) in [5, 5.41) is 9.91. The molecule has 1 rings (SSSR count). The monoisotopic (exact) mass is 273 g/mol. The van der Waals surface area contributed by atoms with Gasteiger partial charge < -0.3 is 15.6 Å². The average molecular weight is 274 g/mol. The van der Waals surface area contributed by atoms with Gasteiger partial charge in [-0.2, -0.15) is 0 Å². The first-order valence-electron chi connectivity index (χ1n) is 4.82. The third-order valence-electron chi connectivity index (χ3n) is 2.23. The predicted molar refractivity (Wildman–Crippen MR) is 64.1 cm³/mol. The van der Waals surface area contributed by atoms with Gasteiger partial charge >= 0.3 is 0 Å². The number of hydrogen-bond acceptors (Lipinski definition) is 3. The van der Waals surface area contributed by atoms with E-state index < -0.39 is 6.10 Å². The Morgan fingerprint density at radius 3 is 2.73 bits per heavy atom. The fourth-order valence-electron chi connectivity index (χ4n) is 1.52. The highest BCUT2D eigenvalue weighted by atomic mass is 79.9. The molecule has 0 bridgehead atoms. The van der Waals surface area contributed by atoms with Crippen molar-refractivity contribution in [1.82, 2.24) is 0 Å². The van der Waals surface area contributed by atoms with Crippen LogP contribution in [0.1, 0.15) is 23.7 Å². The molecular formula is C11H16BrNO2. The minimum atomic E-state index is -0.583. The van der Waals surface area contributed by atoms with Crippen LogP contribution >= 0.6 is 15.9 Å².